The van der Waals surface area contributed by atoms with Crippen LogP contribution in [0.15, 0.2) is 294 Å². The van der Waals surface area contributed by atoms with Gasteiger partial charge in [0.15, 0.2) is 0 Å². The van der Waals surface area contributed by atoms with Crippen LogP contribution in [0.5, 0.6) is 40.2 Å². The number of benzene rings is 11. The second-order valence-corrected chi connectivity index (χ2v) is 26.6. The Hall–Kier alpha value is -13.0. The van der Waals surface area contributed by atoms with Crippen molar-refractivity contribution in [1.29, 1.82) is 0 Å². The molecule has 0 radical (unpaired) electrons. The summed E-state index contributed by atoms with van der Waals surface area (Å²) in [6, 6.07) is 68.0. The van der Waals surface area contributed by atoms with E-state index >= 15 is 0 Å². The number of carbonyl (C=O) groups is 7. The Bertz CT molecular complexity index is 4910. The van der Waals surface area contributed by atoms with Gasteiger partial charge in [-0.2, -0.15) is 0 Å². The van der Waals surface area contributed by atoms with E-state index in [0.29, 0.717) is 42.6 Å². The van der Waals surface area contributed by atoms with Crippen molar-refractivity contribution in [2.75, 3.05) is 45.9 Å². The number of carbonyl (C=O) groups excluding carboxylic acids is 7. The summed E-state index contributed by atoms with van der Waals surface area (Å²) in [5, 5.41) is 22.3. The van der Waals surface area contributed by atoms with Crippen LogP contribution in [0.4, 0.5) is 5.69 Å². The molecule has 538 valence electrons. The second kappa shape index (κ2) is 41.7. The van der Waals surface area contributed by atoms with E-state index in [2.05, 4.69) is 69.1 Å². The Morgan fingerprint density at radius 2 is 0.914 bits per heavy atom. The topological polar surface area (TPSA) is 229 Å². The molecule has 0 unspecified atom stereocenters. The van der Waals surface area contributed by atoms with Crippen molar-refractivity contribution in [3.8, 4) is 40.2 Å². The van der Waals surface area contributed by atoms with E-state index in [1.54, 1.807) is 80.8 Å². The number of esters is 5. The predicted octanol–water partition coefficient (Wildman–Crippen LogP) is 16.8. The first-order valence-electron chi connectivity index (χ1n) is 32.9. The van der Waals surface area contributed by atoms with Gasteiger partial charge in [-0.25, -0.2) is 24.0 Å². The summed E-state index contributed by atoms with van der Waals surface area (Å²) in [5.74, 6) is 1.45. The predicted molar refractivity (Wildman–Crippen MR) is 419 cm³/mol. The van der Waals surface area contributed by atoms with E-state index in [1.807, 2.05) is 159 Å². The zero-order chi connectivity index (χ0) is 76.3. The Kier molecular flexibility index (Phi) is 32.2. The highest BCUT2D eigenvalue weighted by molar-refractivity contribution is 6.65. The number of para-hydroxylation sites is 1. The molecule has 0 aromatic heterocycles. The number of nitrogens with one attached hydrogen (secondary N) is 1. The van der Waals surface area contributed by atoms with E-state index in [1.165, 1.54) is 22.4 Å². The van der Waals surface area contributed by atoms with Gasteiger partial charge in [0.1, 0.15) is 59.2 Å². The Morgan fingerprint density at radius 3 is 1.45 bits per heavy atom. The fourth-order valence-corrected chi connectivity index (χ4v) is 10.6. The minimum absolute atomic E-state index is 0.120. The monoisotopic (exact) mass is 1430 g/mol. The molecule has 2 N–H and O–H groups in total. The lowest BCUT2D eigenvalue weighted by Gasteiger charge is -2.21. The third-order valence-electron chi connectivity index (χ3n) is 14.9. The number of hydrogen-bond donors (Lipinski definition) is 2. The summed E-state index contributed by atoms with van der Waals surface area (Å²) in [6.45, 7) is 26.9. The second-order valence-electron chi connectivity index (χ2n) is 23.2. The van der Waals surface area contributed by atoms with E-state index in [4.69, 9.17) is 37.3 Å². The number of phenolic OH excluding ortho intramolecular Hbond substituents is 1. The molecular formula is C86H84N2O16Si. The number of aromatic hydroxyl groups is 1. The fourth-order valence-electron chi connectivity index (χ4n) is 9.80. The minimum atomic E-state index is -2.12. The molecule has 0 fully saturated rings. The lowest BCUT2D eigenvalue weighted by Crippen LogP contribution is -2.36. The van der Waals surface area contributed by atoms with Gasteiger partial charge in [0.2, 0.25) is 5.91 Å². The average molecular weight is 1430 g/mol. The maximum atomic E-state index is 11.3. The van der Waals surface area contributed by atoms with Gasteiger partial charge in [-0.05, 0) is 172 Å². The van der Waals surface area contributed by atoms with Gasteiger partial charge < -0.3 is 52.6 Å². The Morgan fingerprint density at radius 1 is 0.448 bits per heavy atom. The van der Waals surface area contributed by atoms with E-state index in [9.17, 15) is 38.7 Å². The summed E-state index contributed by atoms with van der Waals surface area (Å²) in [5.41, 5.74) is 3.33. The van der Waals surface area contributed by atoms with Gasteiger partial charge in [0.25, 0.3) is 0 Å². The van der Waals surface area contributed by atoms with Crippen LogP contribution in [0.1, 0.15) is 18.1 Å². The number of phenols is 1. The van der Waals surface area contributed by atoms with Crippen molar-refractivity contribution in [2.24, 2.45) is 0 Å². The SMILES string of the molecule is C=CC(=O)NCCc1cccc2ccccc12.C=CC(=O)OCCOc1ccccc1.C=CC(=O)Oc1ccc(N(C)C)c2ccccc12.C=CC(=O)Oc1ccc2cc(CC(C)=O)ccc2c1.C=CC(=O)Oc1ccc2cc(O)ccc2c1.C=CC(=O)Oc1ccc2cc(O[Si](C)(C)OC)ccc2c1. The molecule has 0 aliphatic heterocycles. The van der Waals surface area contributed by atoms with Gasteiger partial charge in [0.05, 0.1) is 0 Å². The van der Waals surface area contributed by atoms with Crippen molar-refractivity contribution < 1.29 is 75.9 Å². The molecule has 105 heavy (non-hydrogen) atoms. The van der Waals surface area contributed by atoms with Crippen molar-refractivity contribution in [3.63, 3.8) is 0 Å². The first kappa shape index (κ1) is 81.0. The minimum Gasteiger partial charge on any atom is -0.520 e. The summed E-state index contributed by atoms with van der Waals surface area (Å²) < 4.78 is 41.7. The highest BCUT2D eigenvalue weighted by atomic mass is 28.4. The maximum Gasteiger partial charge on any atom is 0.392 e. The smallest absolute Gasteiger partial charge is 0.392 e. The van der Waals surface area contributed by atoms with Crippen molar-refractivity contribution in [1.82, 2.24) is 5.32 Å². The molecule has 18 nitrogen and oxygen atoms in total. The fraction of sp³-hybridized carbons (Fsp3) is 0.128. The molecule has 0 aliphatic carbocycles. The number of fused-ring (bicyclic) bond motifs is 5. The Balaban J connectivity index is 0.000000198. The first-order chi connectivity index (χ1) is 50.5. The molecule has 0 spiro atoms. The van der Waals surface area contributed by atoms with Crippen molar-refractivity contribution >= 4 is 110 Å². The van der Waals surface area contributed by atoms with Crippen LogP contribution in [0, 0.1) is 0 Å². The lowest BCUT2D eigenvalue weighted by molar-refractivity contribution is -0.138. The molecule has 11 rings (SSSR count). The van der Waals surface area contributed by atoms with E-state index in [-0.39, 0.29) is 24.0 Å². The first-order valence-corrected chi connectivity index (χ1v) is 35.7. The molecule has 0 aliphatic rings. The van der Waals surface area contributed by atoms with Crippen LogP contribution < -0.4 is 38.3 Å². The summed E-state index contributed by atoms with van der Waals surface area (Å²) >= 11 is 0. The van der Waals surface area contributed by atoms with E-state index in [0.717, 1.165) is 103 Å². The molecule has 11 aromatic carbocycles. The summed E-state index contributed by atoms with van der Waals surface area (Å²) in [4.78, 5) is 79.4. The number of hydrogen-bond acceptors (Lipinski definition) is 17. The third kappa shape index (κ3) is 27.1. The number of amides is 1. The van der Waals surface area contributed by atoms with Gasteiger partial charge >= 0.3 is 38.4 Å². The quantitative estimate of drug-likeness (QED) is 0.0199. The molecule has 19 heteroatoms. The summed E-state index contributed by atoms with van der Waals surface area (Å²) in [7, 11) is 3.50. The number of Topliss-reactive ketones (excluding diaryl/α,β-unsaturated/α-hetero) is 1. The zero-order valence-electron chi connectivity index (χ0n) is 59.5. The van der Waals surface area contributed by atoms with Crippen LogP contribution in [0.25, 0.3) is 53.9 Å². The normalized spacial score (nSPS) is 10.2. The zero-order valence-corrected chi connectivity index (χ0v) is 60.5. The van der Waals surface area contributed by atoms with E-state index < -0.39 is 38.4 Å². The van der Waals surface area contributed by atoms with Crippen LogP contribution in [-0.2, 0) is 55.6 Å². The lowest BCUT2D eigenvalue weighted by atomic mass is 10.0. The largest absolute Gasteiger partial charge is 0.520 e. The molecule has 0 atom stereocenters. The molecule has 11 aromatic rings. The van der Waals surface area contributed by atoms with Gasteiger partial charge in [-0.15, -0.1) is 0 Å². The van der Waals surface area contributed by atoms with Crippen LogP contribution in [0.3, 0.4) is 0 Å². The number of rotatable bonds is 23. The average Bonchev–Trinajstić information content (AvgIpc) is 0.805. The standard InChI is InChI=1S/C16H18O4Si.C16H14O3.C15H15NO2.C15H15NO.C13H10O3.C11H12O3/c1-5-16(17)19-14-8-6-13-11-15(9-7-12(13)10-14)20-21(3,4)18-2;1-3-16(18)19-15-7-6-13-9-12(8-11(2)17)4-5-14(13)10-15;1-4-15(17)18-14-10-9-13(16(2)3)11-7-5-6-8-12(11)14;1-2-15(17)16-11-10-13-8-5-7-12-6-3-4-9-14(12)13;1-2-13(15)16-12-6-4-9-7-11(14)5-3-10(9)8-12;1-2-11(12)14-9-8-13-10-6-4-3-5-7-10/h5-11H,1H2,2-4H3;3-7,9-10H,1,8H2,2H3;4-10H,1H2,2-3H3;2-9H,1,10-11H2,(H,16,17);2-8,14H,1H2;2-7H,1,8-9H2. The molecular weight excluding hydrogens is 1350 g/mol. The third-order valence-corrected chi connectivity index (χ3v) is 16.6. The van der Waals surface area contributed by atoms with Crippen molar-refractivity contribution in [3.05, 3.63) is 305 Å². The number of ketones is 1. The molecule has 0 bridgehead atoms. The molecule has 0 saturated carbocycles. The van der Waals surface area contributed by atoms with Crippen LogP contribution >= 0.6 is 0 Å². The number of anilines is 1. The molecule has 1 amide bonds. The maximum absolute atomic E-state index is 11.3. The van der Waals surface area contributed by atoms with Crippen molar-refractivity contribution in [2.45, 2.75) is 32.9 Å². The van der Waals surface area contributed by atoms with Crippen LogP contribution in [0.2, 0.25) is 13.1 Å². The summed E-state index contributed by atoms with van der Waals surface area (Å²) in [6.07, 6.45) is 8.23. The van der Waals surface area contributed by atoms with Gasteiger partial charge in [-0.3, -0.25) is 9.59 Å². The van der Waals surface area contributed by atoms with Gasteiger partial charge in [0, 0.05) is 81.0 Å². The number of nitrogens with zero attached hydrogens (tertiary/aromatic N) is 1. The van der Waals surface area contributed by atoms with Gasteiger partial charge in [-0.1, -0.05) is 173 Å². The highest BCUT2D eigenvalue weighted by Crippen LogP contribution is 2.34. The Labute approximate surface area is 612 Å². The highest BCUT2D eigenvalue weighted by Gasteiger charge is 2.25. The number of ether oxygens (including phenoxy) is 6. The van der Waals surface area contributed by atoms with Crippen LogP contribution in [-0.4, -0.2) is 96.2 Å². The molecule has 0 saturated heterocycles. The molecule has 0 heterocycles.